The molecule has 0 spiro atoms. The zero-order valence-electron chi connectivity index (χ0n) is 17.2. The van der Waals surface area contributed by atoms with Gasteiger partial charge in [-0.25, -0.2) is 4.57 Å². The summed E-state index contributed by atoms with van der Waals surface area (Å²) < 4.78 is 33.1. The number of phosphoric acid groups is 1. The van der Waals surface area contributed by atoms with Crippen molar-refractivity contribution in [3.05, 3.63) is 0 Å². The molecule has 1 aliphatic rings. The molecule has 1 aliphatic heterocycles. The van der Waals surface area contributed by atoms with E-state index in [4.69, 9.17) is 13.6 Å². The van der Waals surface area contributed by atoms with Gasteiger partial charge in [0.15, 0.2) is 11.2 Å². The summed E-state index contributed by atoms with van der Waals surface area (Å²) in [5.41, 5.74) is -1.23. The van der Waals surface area contributed by atoms with Crippen LogP contribution in [0.5, 0.6) is 0 Å². The highest BCUT2D eigenvalue weighted by molar-refractivity contribution is 8.13. The van der Waals surface area contributed by atoms with Crippen molar-refractivity contribution in [2.75, 3.05) is 32.6 Å². The minimum Gasteiger partial charge on any atom is -0.469 e. The Labute approximate surface area is 170 Å². The first kappa shape index (κ1) is 25.1. The van der Waals surface area contributed by atoms with Gasteiger partial charge in [0, 0.05) is 23.1 Å². The van der Waals surface area contributed by atoms with Crippen LogP contribution in [-0.4, -0.2) is 55.7 Å². The second-order valence-electron chi connectivity index (χ2n) is 8.03. The number of methoxy groups -OCH3 is 1. The van der Waals surface area contributed by atoms with Gasteiger partial charge in [0.1, 0.15) is 0 Å². The third-order valence-corrected chi connectivity index (χ3v) is 6.47. The van der Waals surface area contributed by atoms with Gasteiger partial charge in [-0.1, -0.05) is 46.4 Å². The highest BCUT2D eigenvalue weighted by atomic mass is 32.2. The largest absolute Gasteiger partial charge is 0.475 e. The first-order valence-corrected chi connectivity index (χ1v) is 11.3. The van der Waals surface area contributed by atoms with Crippen molar-refractivity contribution in [2.45, 2.75) is 47.1 Å². The lowest BCUT2D eigenvalue weighted by atomic mass is 9.87. The summed E-state index contributed by atoms with van der Waals surface area (Å²) in [6.07, 6.45) is -1.06. The Hall–Kier alpha value is -0.930. The van der Waals surface area contributed by atoms with E-state index in [1.54, 1.807) is 13.8 Å². The summed E-state index contributed by atoms with van der Waals surface area (Å²) in [6.45, 7) is 8.93. The maximum absolute atomic E-state index is 12.7. The first-order chi connectivity index (χ1) is 12.8. The van der Waals surface area contributed by atoms with Crippen molar-refractivity contribution >= 4 is 36.6 Å². The Kier molecular flexibility index (Phi) is 9.15. The number of nitrogens with one attached hydrogen (secondary N) is 1. The Bertz CT molecular complexity index is 631. The molecule has 28 heavy (non-hydrogen) atoms. The van der Waals surface area contributed by atoms with Crippen LogP contribution in [-0.2, 0) is 37.3 Å². The molecule has 1 N–H and O–H groups in total. The van der Waals surface area contributed by atoms with Crippen molar-refractivity contribution in [2.24, 2.45) is 10.8 Å². The minimum atomic E-state index is -3.94. The molecular formula is C17H30NO8PS. The van der Waals surface area contributed by atoms with Gasteiger partial charge < -0.3 is 10.1 Å². The Morgan fingerprint density at radius 2 is 1.93 bits per heavy atom. The molecular weight excluding hydrogens is 409 g/mol. The lowest BCUT2D eigenvalue weighted by molar-refractivity contribution is -0.143. The van der Waals surface area contributed by atoms with Crippen LogP contribution in [0.1, 0.15) is 41.0 Å². The Balaban J connectivity index is 2.58. The summed E-state index contributed by atoms with van der Waals surface area (Å²) in [5, 5.41) is 2.55. The van der Waals surface area contributed by atoms with Gasteiger partial charge >= 0.3 is 13.8 Å². The summed E-state index contributed by atoms with van der Waals surface area (Å²) in [6, 6.07) is 0. The van der Waals surface area contributed by atoms with E-state index in [-0.39, 0.29) is 37.0 Å². The number of esters is 1. The van der Waals surface area contributed by atoms with Crippen LogP contribution < -0.4 is 5.32 Å². The standard InChI is InChI=1S/C17H30NO8PS/c1-16(2,3)15(21)28-10-9-24-27(22)25-11-17(4,5)13(26-27)14(20)18-8-7-12(19)23-6/h13H,7-11H2,1-6H3,(H,18,20)/t13-,27?/m0/s1. The van der Waals surface area contributed by atoms with Gasteiger partial charge in [-0.2, -0.15) is 0 Å². The second-order valence-corrected chi connectivity index (χ2v) is 10.7. The molecule has 1 saturated heterocycles. The van der Waals surface area contributed by atoms with E-state index in [0.29, 0.717) is 0 Å². The summed E-state index contributed by atoms with van der Waals surface area (Å²) in [4.78, 5) is 35.5. The van der Waals surface area contributed by atoms with Crippen LogP contribution in [0.2, 0.25) is 0 Å². The molecule has 1 unspecified atom stereocenters. The number of hydrogen-bond acceptors (Lipinski definition) is 9. The molecule has 1 fully saturated rings. The number of hydrogen-bond donors (Lipinski definition) is 1. The highest BCUT2D eigenvalue weighted by Gasteiger charge is 2.49. The van der Waals surface area contributed by atoms with Gasteiger partial charge in [0.2, 0.25) is 5.91 Å². The Morgan fingerprint density at radius 1 is 1.29 bits per heavy atom. The third-order valence-electron chi connectivity index (χ3n) is 3.81. The molecule has 9 nitrogen and oxygen atoms in total. The molecule has 1 rings (SSSR count). The smallest absolute Gasteiger partial charge is 0.469 e. The van der Waals surface area contributed by atoms with Crippen molar-refractivity contribution < 1.29 is 37.3 Å². The van der Waals surface area contributed by atoms with Crippen LogP contribution in [0.25, 0.3) is 0 Å². The van der Waals surface area contributed by atoms with E-state index in [1.165, 1.54) is 7.11 Å². The van der Waals surface area contributed by atoms with Gasteiger partial charge in [-0.15, -0.1) is 0 Å². The summed E-state index contributed by atoms with van der Waals surface area (Å²) in [5.74, 6) is -0.686. The molecule has 1 heterocycles. The van der Waals surface area contributed by atoms with E-state index in [0.717, 1.165) is 11.8 Å². The maximum Gasteiger partial charge on any atom is 0.475 e. The number of carbonyl (C=O) groups is 3. The molecule has 0 aromatic rings. The summed E-state index contributed by atoms with van der Waals surface area (Å²) in [7, 11) is -2.68. The first-order valence-electron chi connectivity index (χ1n) is 8.90. The van der Waals surface area contributed by atoms with Crippen LogP contribution in [0.15, 0.2) is 0 Å². The van der Waals surface area contributed by atoms with Crippen molar-refractivity contribution in [3.63, 3.8) is 0 Å². The van der Waals surface area contributed by atoms with Gasteiger partial charge in [0.25, 0.3) is 0 Å². The number of rotatable bonds is 8. The lowest BCUT2D eigenvalue weighted by Crippen LogP contribution is -2.50. The molecule has 0 bridgehead atoms. The van der Waals surface area contributed by atoms with Gasteiger partial charge in [-0.3, -0.25) is 28.0 Å². The topological polar surface area (TPSA) is 117 Å². The van der Waals surface area contributed by atoms with Crippen LogP contribution in [0, 0.1) is 10.8 Å². The molecule has 11 heteroatoms. The minimum absolute atomic E-state index is 0.00652. The molecule has 1 amide bonds. The maximum atomic E-state index is 12.7. The average Bonchev–Trinajstić information content (AvgIpc) is 2.60. The number of thioether (sulfide) groups is 1. The number of amides is 1. The predicted octanol–water partition coefficient (Wildman–Crippen LogP) is 2.54. The van der Waals surface area contributed by atoms with Crippen molar-refractivity contribution in [3.8, 4) is 0 Å². The SMILES string of the molecule is COC(=O)CCNC(=O)[C@@H]1OP(=O)(OCCSC(=O)C(C)(C)C)OCC1(C)C. The van der Waals surface area contributed by atoms with E-state index < -0.39 is 36.6 Å². The van der Waals surface area contributed by atoms with Gasteiger partial charge in [-0.05, 0) is 0 Å². The van der Waals surface area contributed by atoms with E-state index in [1.807, 2.05) is 20.8 Å². The van der Waals surface area contributed by atoms with Gasteiger partial charge in [0.05, 0.1) is 26.7 Å². The van der Waals surface area contributed by atoms with Crippen LogP contribution in [0.4, 0.5) is 0 Å². The number of ether oxygens (including phenoxy) is 1. The molecule has 0 radical (unpaired) electrons. The monoisotopic (exact) mass is 439 g/mol. The molecule has 0 aromatic carbocycles. The summed E-state index contributed by atoms with van der Waals surface area (Å²) >= 11 is 1.07. The number of carbonyl (C=O) groups excluding carboxylic acids is 3. The van der Waals surface area contributed by atoms with Crippen LogP contribution in [0.3, 0.4) is 0 Å². The highest BCUT2D eigenvalue weighted by Crippen LogP contribution is 2.57. The predicted molar refractivity (Wildman–Crippen MR) is 105 cm³/mol. The quantitative estimate of drug-likeness (QED) is 0.346. The molecule has 0 aromatic heterocycles. The van der Waals surface area contributed by atoms with E-state index >= 15 is 0 Å². The zero-order chi connectivity index (χ0) is 21.6. The fourth-order valence-corrected chi connectivity index (χ4v) is 4.63. The zero-order valence-corrected chi connectivity index (χ0v) is 18.9. The van der Waals surface area contributed by atoms with E-state index in [9.17, 15) is 18.9 Å². The number of phosphoric ester groups is 1. The van der Waals surface area contributed by atoms with Crippen molar-refractivity contribution in [1.82, 2.24) is 5.32 Å². The lowest BCUT2D eigenvalue weighted by Gasteiger charge is -2.39. The van der Waals surface area contributed by atoms with Crippen LogP contribution >= 0.6 is 19.6 Å². The Morgan fingerprint density at radius 3 is 2.50 bits per heavy atom. The molecule has 0 saturated carbocycles. The molecule has 162 valence electrons. The third kappa shape index (κ3) is 7.83. The van der Waals surface area contributed by atoms with Crippen molar-refractivity contribution in [1.29, 1.82) is 0 Å². The fourth-order valence-electron chi connectivity index (χ4n) is 2.08. The molecule has 0 aliphatic carbocycles. The fraction of sp³-hybridized carbons (Fsp3) is 0.824. The normalized spacial score (nSPS) is 24.4. The molecule has 2 atom stereocenters. The second kappa shape index (κ2) is 10.2. The van der Waals surface area contributed by atoms with E-state index in [2.05, 4.69) is 10.1 Å². The average molecular weight is 439 g/mol.